The zero-order valence-corrected chi connectivity index (χ0v) is 12.9. The van der Waals surface area contributed by atoms with Crippen LogP contribution in [0.1, 0.15) is 44.2 Å². The number of hydrogen-bond donors (Lipinski definition) is 1. The Kier molecular flexibility index (Phi) is 4.83. The lowest BCUT2D eigenvalue weighted by molar-refractivity contribution is 0.204. The third kappa shape index (κ3) is 3.40. The summed E-state index contributed by atoms with van der Waals surface area (Å²) in [6.07, 6.45) is 2.97. The minimum atomic E-state index is -3.28. The summed E-state index contributed by atoms with van der Waals surface area (Å²) in [5, 5.41) is 9.01. The molecule has 2 unspecified atom stereocenters. The Morgan fingerprint density at radius 2 is 1.60 bits per heavy atom. The number of hydrogen-bond acceptors (Lipinski definition) is 3. The quantitative estimate of drug-likeness (QED) is 0.927. The third-order valence-electron chi connectivity index (χ3n) is 3.99. The van der Waals surface area contributed by atoms with Crippen LogP contribution in [0.4, 0.5) is 0 Å². The number of rotatable bonds is 4. The van der Waals surface area contributed by atoms with Gasteiger partial charge in [0.25, 0.3) is 0 Å². The molecule has 1 aromatic rings. The fourth-order valence-corrected chi connectivity index (χ4v) is 5.04. The molecular weight excluding hydrogens is 274 g/mol. The van der Waals surface area contributed by atoms with Gasteiger partial charge in [-0.1, -0.05) is 30.7 Å². The van der Waals surface area contributed by atoms with Crippen LogP contribution in [-0.4, -0.2) is 29.9 Å². The number of aliphatic hydroxyl groups is 1. The molecule has 2 atom stereocenters. The molecule has 0 bridgehead atoms. The van der Waals surface area contributed by atoms with E-state index in [1.807, 2.05) is 13.8 Å². The lowest BCUT2D eigenvalue weighted by Crippen LogP contribution is -2.47. The maximum Gasteiger partial charge on any atom is 0.218 e. The van der Waals surface area contributed by atoms with Gasteiger partial charge in [0.2, 0.25) is 10.0 Å². The van der Waals surface area contributed by atoms with Crippen LogP contribution < -0.4 is 0 Å². The van der Waals surface area contributed by atoms with Gasteiger partial charge in [-0.25, -0.2) is 8.42 Å². The molecule has 0 radical (unpaired) electrons. The van der Waals surface area contributed by atoms with Crippen molar-refractivity contribution < 1.29 is 13.5 Å². The van der Waals surface area contributed by atoms with Crippen LogP contribution in [-0.2, 0) is 22.4 Å². The van der Waals surface area contributed by atoms with Crippen molar-refractivity contribution >= 4 is 10.0 Å². The Balaban J connectivity index is 2.16. The minimum absolute atomic E-state index is 0.0206. The van der Waals surface area contributed by atoms with Gasteiger partial charge in [-0.05, 0) is 37.8 Å². The first-order valence-electron chi connectivity index (χ1n) is 7.14. The summed E-state index contributed by atoms with van der Waals surface area (Å²) in [5.41, 5.74) is 1.57. The smallest absolute Gasteiger partial charge is 0.218 e. The molecule has 0 aliphatic carbocycles. The largest absolute Gasteiger partial charge is 0.392 e. The zero-order valence-electron chi connectivity index (χ0n) is 12.1. The first-order chi connectivity index (χ1) is 9.44. The molecular formula is C15H23NO3S. The molecule has 0 saturated carbocycles. The lowest BCUT2D eigenvalue weighted by atomic mass is 10.0. The molecule has 1 aliphatic rings. The molecule has 4 nitrogen and oxygen atoms in total. The number of benzene rings is 1. The van der Waals surface area contributed by atoms with Gasteiger partial charge in [-0.15, -0.1) is 0 Å². The summed E-state index contributed by atoms with van der Waals surface area (Å²) in [6.45, 7) is 3.96. The highest BCUT2D eigenvalue weighted by Crippen LogP contribution is 2.27. The molecule has 20 heavy (non-hydrogen) atoms. The van der Waals surface area contributed by atoms with E-state index in [1.54, 1.807) is 28.6 Å². The van der Waals surface area contributed by atoms with E-state index in [0.29, 0.717) is 0 Å². The molecule has 0 aromatic heterocycles. The fourth-order valence-electron chi connectivity index (χ4n) is 2.97. The van der Waals surface area contributed by atoms with E-state index in [9.17, 15) is 8.42 Å². The Labute approximate surface area is 121 Å². The molecule has 1 fully saturated rings. The topological polar surface area (TPSA) is 57.6 Å². The van der Waals surface area contributed by atoms with Crippen molar-refractivity contribution in [1.29, 1.82) is 0 Å². The van der Waals surface area contributed by atoms with Gasteiger partial charge in [-0.2, -0.15) is 4.31 Å². The third-order valence-corrected chi connectivity index (χ3v) is 6.05. The van der Waals surface area contributed by atoms with Gasteiger partial charge >= 0.3 is 0 Å². The van der Waals surface area contributed by atoms with E-state index in [2.05, 4.69) is 0 Å². The Bertz CT molecular complexity index is 529. The summed E-state index contributed by atoms with van der Waals surface area (Å²) < 4.78 is 26.9. The van der Waals surface area contributed by atoms with E-state index < -0.39 is 10.0 Å². The van der Waals surface area contributed by atoms with Gasteiger partial charge in [0.1, 0.15) is 0 Å². The molecule has 1 saturated heterocycles. The van der Waals surface area contributed by atoms with Crippen molar-refractivity contribution in [3.63, 3.8) is 0 Å². The standard InChI is InChI=1S/C15H23NO3S/c1-12-4-3-5-13(2)16(12)20(18,19)11-15-8-6-14(10-17)7-9-15/h6-9,12-13,17H,3-5,10-11H2,1-2H3. The predicted octanol–water partition coefficient (Wildman–Crippen LogP) is 2.27. The Morgan fingerprint density at radius 1 is 1.10 bits per heavy atom. The zero-order chi connectivity index (χ0) is 14.8. The van der Waals surface area contributed by atoms with Crippen molar-refractivity contribution in [3.8, 4) is 0 Å². The van der Waals surface area contributed by atoms with Crippen LogP contribution in [0.3, 0.4) is 0 Å². The highest BCUT2D eigenvalue weighted by atomic mass is 32.2. The monoisotopic (exact) mass is 297 g/mol. The number of nitrogens with zero attached hydrogens (tertiary/aromatic N) is 1. The molecule has 1 aromatic carbocycles. The van der Waals surface area contributed by atoms with Crippen LogP contribution in [0.2, 0.25) is 0 Å². The summed E-state index contributed by atoms with van der Waals surface area (Å²) >= 11 is 0. The molecule has 1 aliphatic heterocycles. The average molecular weight is 297 g/mol. The molecule has 1 N–H and O–H groups in total. The van der Waals surface area contributed by atoms with E-state index in [-0.39, 0.29) is 24.4 Å². The van der Waals surface area contributed by atoms with Crippen molar-refractivity contribution in [2.45, 2.75) is 57.6 Å². The SMILES string of the molecule is CC1CCCC(C)N1S(=O)(=O)Cc1ccc(CO)cc1. The summed E-state index contributed by atoms with van der Waals surface area (Å²) in [5.74, 6) is 0.0351. The van der Waals surface area contributed by atoms with Gasteiger partial charge in [0.15, 0.2) is 0 Å². The van der Waals surface area contributed by atoms with Crippen LogP contribution in [0.25, 0.3) is 0 Å². The second-order valence-corrected chi connectivity index (χ2v) is 7.56. The van der Waals surface area contributed by atoms with Crippen molar-refractivity contribution in [2.24, 2.45) is 0 Å². The maximum absolute atomic E-state index is 12.6. The maximum atomic E-state index is 12.6. The van der Waals surface area contributed by atoms with E-state index in [0.717, 1.165) is 30.4 Å². The van der Waals surface area contributed by atoms with Gasteiger partial charge in [-0.3, -0.25) is 0 Å². The fraction of sp³-hybridized carbons (Fsp3) is 0.600. The molecule has 0 amide bonds. The van der Waals surface area contributed by atoms with Crippen LogP contribution >= 0.6 is 0 Å². The van der Waals surface area contributed by atoms with Crippen molar-refractivity contribution in [3.05, 3.63) is 35.4 Å². The van der Waals surface area contributed by atoms with E-state index >= 15 is 0 Å². The van der Waals surface area contributed by atoms with Crippen molar-refractivity contribution in [2.75, 3.05) is 0 Å². The van der Waals surface area contributed by atoms with Crippen LogP contribution in [0, 0.1) is 0 Å². The first-order valence-corrected chi connectivity index (χ1v) is 8.75. The number of aliphatic hydroxyl groups excluding tert-OH is 1. The summed E-state index contributed by atoms with van der Waals surface area (Å²) in [6, 6.07) is 7.27. The molecule has 112 valence electrons. The summed E-state index contributed by atoms with van der Waals surface area (Å²) in [4.78, 5) is 0. The van der Waals surface area contributed by atoms with Crippen LogP contribution in [0.15, 0.2) is 24.3 Å². The lowest BCUT2D eigenvalue weighted by Gasteiger charge is -2.37. The number of sulfonamides is 1. The van der Waals surface area contributed by atoms with E-state index in [4.69, 9.17) is 5.11 Å². The minimum Gasteiger partial charge on any atom is -0.392 e. The molecule has 2 rings (SSSR count). The second kappa shape index (κ2) is 6.24. The molecule has 5 heteroatoms. The van der Waals surface area contributed by atoms with E-state index in [1.165, 1.54) is 0 Å². The highest BCUT2D eigenvalue weighted by Gasteiger charge is 2.34. The highest BCUT2D eigenvalue weighted by molar-refractivity contribution is 7.88. The van der Waals surface area contributed by atoms with Gasteiger partial charge < -0.3 is 5.11 Å². The normalized spacial score (nSPS) is 24.8. The second-order valence-electron chi connectivity index (χ2n) is 5.69. The average Bonchev–Trinajstić information content (AvgIpc) is 2.38. The first kappa shape index (κ1) is 15.5. The summed E-state index contributed by atoms with van der Waals surface area (Å²) in [7, 11) is -3.28. The Hall–Kier alpha value is -0.910. The molecule has 0 spiro atoms. The molecule has 1 heterocycles. The number of piperidine rings is 1. The predicted molar refractivity (Wildman–Crippen MR) is 79.6 cm³/mol. The van der Waals surface area contributed by atoms with Gasteiger partial charge in [0, 0.05) is 12.1 Å². The van der Waals surface area contributed by atoms with Crippen molar-refractivity contribution in [1.82, 2.24) is 4.31 Å². The van der Waals surface area contributed by atoms with Crippen LogP contribution in [0.5, 0.6) is 0 Å². The van der Waals surface area contributed by atoms with Gasteiger partial charge in [0.05, 0.1) is 12.4 Å². The Morgan fingerprint density at radius 3 is 2.10 bits per heavy atom.